The third-order valence-electron chi connectivity index (χ3n) is 5.56. The number of para-hydroxylation sites is 1. The molecule has 5 heteroatoms. The molecule has 1 heterocycles. The molecule has 0 atom stereocenters. The number of amides is 2. The van der Waals surface area contributed by atoms with E-state index in [0.717, 1.165) is 27.1 Å². The van der Waals surface area contributed by atoms with E-state index in [2.05, 4.69) is 6.07 Å². The Labute approximate surface area is 185 Å². The smallest absolute Gasteiger partial charge is 0.270 e. The fourth-order valence-corrected chi connectivity index (χ4v) is 4.26. The largest absolute Gasteiger partial charge is 0.287 e. The molecule has 31 heavy (non-hydrogen) atoms. The highest BCUT2D eigenvalue weighted by molar-refractivity contribution is 7.80. The summed E-state index contributed by atoms with van der Waals surface area (Å²) >= 11 is 5.44. The van der Waals surface area contributed by atoms with E-state index in [9.17, 15) is 9.59 Å². The Hall–Kier alpha value is -3.83. The Morgan fingerprint density at radius 1 is 0.742 bits per heavy atom. The van der Waals surface area contributed by atoms with Crippen molar-refractivity contribution in [1.29, 1.82) is 0 Å². The van der Waals surface area contributed by atoms with Gasteiger partial charge in [-0.3, -0.25) is 19.4 Å². The summed E-state index contributed by atoms with van der Waals surface area (Å²) in [7, 11) is 1.60. The zero-order valence-electron chi connectivity index (χ0n) is 16.8. The van der Waals surface area contributed by atoms with E-state index in [0.29, 0.717) is 5.69 Å². The average molecular weight is 423 g/mol. The maximum absolute atomic E-state index is 13.5. The second kappa shape index (κ2) is 7.45. The zero-order valence-corrected chi connectivity index (χ0v) is 17.6. The number of hydrogen-bond acceptors (Lipinski definition) is 3. The maximum atomic E-state index is 13.5. The van der Waals surface area contributed by atoms with Gasteiger partial charge in [-0.25, -0.2) is 0 Å². The van der Waals surface area contributed by atoms with E-state index < -0.39 is 11.8 Å². The average Bonchev–Trinajstić information content (AvgIpc) is 2.80. The van der Waals surface area contributed by atoms with Crippen LogP contribution in [0.2, 0.25) is 0 Å². The fraction of sp³-hybridized carbons (Fsp3) is 0.0385. The van der Waals surface area contributed by atoms with Crippen LogP contribution in [-0.2, 0) is 9.59 Å². The summed E-state index contributed by atoms with van der Waals surface area (Å²) in [6.07, 6.45) is 1.71. The van der Waals surface area contributed by atoms with Crippen molar-refractivity contribution < 1.29 is 9.59 Å². The monoisotopic (exact) mass is 422 g/mol. The summed E-state index contributed by atoms with van der Waals surface area (Å²) in [6.45, 7) is 0. The van der Waals surface area contributed by atoms with Gasteiger partial charge in [-0.15, -0.1) is 0 Å². The predicted molar refractivity (Wildman–Crippen MR) is 129 cm³/mol. The first kappa shape index (κ1) is 19.2. The number of likely N-dealkylation sites (N-methyl/N-ethyl adjacent to an activating group) is 1. The Bertz CT molecular complexity index is 1360. The fourth-order valence-electron chi connectivity index (χ4n) is 3.99. The first-order valence-electron chi connectivity index (χ1n) is 9.90. The van der Waals surface area contributed by atoms with E-state index in [1.165, 1.54) is 9.80 Å². The van der Waals surface area contributed by atoms with Gasteiger partial charge in [-0.05, 0) is 63.6 Å². The van der Waals surface area contributed by atoms with Crippen LogP contribution in [-0.4, -0.2) is 28.9 Å². The number of thiocarbonyl (C=S) groups is 1. The van der Waals surface area contributed by atoms with Crippen molar-refractivity contribution in [2.75, 3.05) is 11.9 Å². The molecule has 150 valence electrons. The number of carbonyl (C=O) groups is 2. The lowest BCUT2D eigenvalue weighted by Crippen LogP contribution is -2.54. The van der Waals surface area contributed by atoms with Gasteiger partial charge < -0.3 is 0 Å². The van der Waals surface area contributed by atoms with Crippen LogP contribution in [0.4, 0.5) is 5.69 Å². The highest BCUT2D eigenvalue weighted by atomic mass is 32.1. The molecule has 0 N–H and O–H groups in total. The molecule has 0 bridgehead atoms. The van der Waals surface area contributed by atoms with Gasteiger partial charge in [0.15, 0.2) is 5.11 Å². The van der Waals surface area contributed by atoms with E-state index in [1.807, 2.05) is 66.7 Å². The van der Waals surface area contributed by atoms with Gasteiger partial charge in [0.05, 0.1) is 5.69 Å². The quantitative estimate of drug-likeness (QED) is 0.194. The molecule has 0 unspecified atom stereocenters. The molecular weight excluding hydrogens is 404 g/mol. The lowest BCUT2D eigenvalue weighted by molar-refractivity contribution is -0.127. The van der Waals surface area contributed by atoms with Crippen LogP contribution in [0, 0.1) is 0 Å². The summed E-state index contributed by atoms with van der Waals surface area (Å²) in [5.41, 5.74) is 1.56. The minimum absolute atomic E-state index is 0.0847. The molecule has 0 saturated carbocycles. The van der Waals surface area contributed by atoms with Crippen LogP contribution in [0.15, 0.2) is 90.5 Å². The lowest BCUT2D eigenvalue weighted by Gasteiger charge is -2.34. The van der Waals surface area contributed by atoms with Gasteiger partial charge in [0, 0.05) is 7.05 Å². The third-order valence-corrected chi connectivity index (χ3v) is 6.02. The number of rotatable bonds is 2. The highest BCUT2D eigenvalue weighted by Crippen LogP contribution is 2.32. The van der Waals surface area contributed by atoms with Crippen LogP contribution in [0.5, 0.6) is 0 Å². The molecular formula is C26H18N2O2S. The van der Waals surface area contributed by atoms with Gasteiger partial charge in [0.2, 0.25) is 0 Å². The van der Waals surface area contributed by atoms with Crippen LogP contribution in [0.25, 0.3) is 27.6 Å². The number of fused-ring (bicyclic) bond motifs is 2. The number of anilines is 1. The van der Waals surface area contributed by atoms with Crippen molar-refractivity contribution in [1.82, 2.24) is 4.90 Å². The SMILES string of the molecule is CN1C(=O)/C(=C\c2c3ccccc3cc3ccccc23)C(=O)N(c2ccccc2)C1=S. The Kier molecular flexibility index (Phi) is 4.60. The van der Waals surface area contributed by atoms with E-state index in [-0.39, 0.29) is 10.7 Å². The number of hydrogen-bond donors (Lipinski definition) is 0. The molecule has 0 spiro atoms. The molecule has 4 aromatic rings. The Morgan fingerprint density at radius 3 is 1.90 bits per heavy atom. The molecule has 2 amide bonds. The minimum Gasteiger partial charge on any atom is -0.287 e. The Balaban J connectivity index is 1.76. The molecule has 4 aromatic carbocycles. The van der Waals surface area contributed by atoms with Gasteiger partial charge >= 0.3 is 0 Å². The predicted octanol–water partition coefficient (Wildman–Crippen LogP) is 5.17. The topological polar surface area (TPSA) is 40.6 Å². The molecule has 5 rings (SSSR count). The summed E-state index contributed by atoms with van der Waals surface area (Å²) in [5, 5.41) is 4.23. The van der Waals surface area contributed by atoms with Gasteiger partial charge in [-0.2, -0.15) is 0 Å². The van der Waals surface area contributed by atoms with Crippen molar-refractivity contribution in [3.8, 4) is 0 Å². The zero-order chi connectivity index (χ0) is 21.5. The van der Waals surface area contributed by atoms with Crippen molar-refractivity contribution in [3.05, 3.63) is 96.1 Å². The molecule has 0 aromatic heterocycles. The number of nitrogens with zero attached hydrogens (tertiary/aromatic N) is 2. The number of carbonyl (C=O) groups excluding carboxylic acids is 2. The van der Waals surface area contributed by atoms with Crippen LogP contribution in [0.1, 0.15) is 5.56 Å². The second-order valence-electron chi connectivity index (χ2n) is 7.41. The third kappa shape index (κ3) is 3.10. The van der Waals surface area contributed by atoms with Crippen molar-refractivity contribution in [2.24, 2.45) is 0 Å². The van der Waals surface area contributed by atoms with E-state index in [4.69, 9.17) is 12.2 Å². The highest BCUT2D eigenvalue weighted by Gasteiger charge is 2.38. The minimum atomic E-state index is -0.420. The van der Waals surface area contributed by atoms with E-state index in [1.54, 1.807) is 25.3 Å². The van der Waals surface area contributed by atoms with Crippen molar-refractivity contribution in [2.45, 2.75) is 0 Å². The molecule has 0 radical (unpaired) electrons. The first-order chi connectivity index (χ1) is 15.1. The van der Waals surface area contributed by atoms with Crippen LogP contribution in [0.3, 0.4) is 0 Å². The molecule has 1 aliphatic rings. The molecule has 0 aliphatic carbocycles. The van der Waals surface area contributed by atoms with E-state index >= 15 is 0 Å². The summed E-state index contributed by atoms with van der Waals surface area (Å²) < 4.78 is 0. The van der Waals surface area contributed by atoms with Gasteiger partial charge in [-0.1, -0.05) is 66.7 Å². The van der Waals surface area contributed by atoms with Crippen molar-refractivity contribution >= 4 is 62.5 Å². The van der Waals surface area contributed by atoms with Gasteiger partial charge in [0.1, 0.15) is 5.57 Å². The van der Waals surface area contributed by atoms with Crippen LogP contribution < -0.4 is 4.90 Å². The number of benzene rings is 4. The summed E-state index contributed by atoms with van der Waals surface area (Å²) in [6, 6.07) is 27.2. The standard InChI is InChI=1S/C26H18N2O2S/c1-27-24(29)23(25(30)28(26(27)31)19-11-3-2-4-12-19)16-22-20-13-7-5-9-17(20)15-18-10-6-8-14-21(18)22/h2-16H,1H3/b23-16+. The second-order valence-corrected chi connectivity index (χ2v) is 7.78. The lowest BCUT2D eigenvalue weighted by atomic mass is 9.94. The normalized spacial score (nSPS) is 16.0. The van der Waals surface area contributed by atoms with Gasteiger partial charge in [0.25, 0.3) is 11.8 Å². The Morgan fingerprint density at radius 2 is 1.29 bits per heavy atom. The van der Waals surface area contributed by atoms with Crippen molar-refractivity contribution in [3.63, 3.8) is 0 Å². The first-order valence-corrected chi connectivity index (χ1v) is 10.3. The van der Waals surface area contributed by atoms with Crippen LogP contribution >= 0.6 is 12.2 Å². The summed E-state index contributed by atoms with van der Waals surface area (Å²) in [5.74, 6) is -0.824. The molecule has 1 aliphatic heterocycles. The molecule has 1 fully saturated rings. The maximum Gasteiger partial charge on any atom is 0.270 e. The molecule has 4 nitrogen and oxygen atoms in total. The summed E-state index contributed by atoms with van der Waals surface area (Å²) in [4.78, 5) is 29.4. The molecule has 1 saturated heterocycles.